The number of carbonyl (C=O) groups excluding carboxylic acids is 1. The van der Waals surface area contributed by atoms with Crippen molar-refractivity contribution in [1.29, 1.82) is 0 Å². The first-order chi connectivity index (χ1) is 13.9. The van der Waals surface area contributed by atoms with Crippen molar-refractivity contribution < 1.29 is 19.1 Å². The Balaban J connectivity index is 1.64. The molecule has 3 aliphatic rings. The van der Waals surface area contributed by atoms with E-state index in [1.807, 2.05) is 0 Å². The smallest absolute Gasteiger partial charge is 0.308 e. The number of aliphatic hydroxyl groups excluding tert-OH is 1. The van der Waals surface area contributed by atoms with Crippen LogP contribution in [0, 0.1) is 23.7 Å². The second kappa shape index (κ2) is 8.91. The first-order valence-electron chi connectivity index (χ1n) is 11.8. The molecule has 0 aromatic carbocycles. The van der Waals surface area contributed by atoms with E-state index in [2.05, 4.69) is 65.9 Å². The van der Waals surface area contributed by atoms with Gasteiger partial charge >= 0.3 is 5.97 Å². The van der Waals surface area contributed by atoms with Crippen LogP contribution in [0.2, 0.25) is 18.1 Å². The molecule has 1 saturated heterocycles. The lowest BCUT2D eigenvalue weighted by Crippen LogP contribution is -2.47. The van der Waals surface area contributed by atoms with E-state index in [1.54, 1.807) is 0 Å². The van der Waals surface area contributed by atoms with Gasteiger partial charge in [0.05, 0.1) is 18.6 Å². The van der Waals surface area contributed by atoms with Gasteiger partial charge in [0.1, 0.15) is 6.10 Å². The summed E-state index contributed by atoms with van der Waals surface area (Å²) in [6, 6.07) is 0. The second-order valence-corrected chi connectivity index (χ2v) is 16.2. The molecule has 7 atom stereocenters. The first-order valence-corrected chi connectivity index (χ1v) is 14.7. The van der Waals surface area contributed by atoms with Crippen LogP contribution in [0.4, 0.5) is 0 Å². The number of hydrogen-bond donors (Lipinski definition) is 1. The number of carbonyl (C=O) groups is 1. The van der Waals surface area contributed by atoms with Gasteiger partial charge in [-0.15, -0.1) is 0 Å². The van der Waals surface area contributed by atoms with E-state index in [1.165, 1.54) is 5.57 Å². The van der Waals surface area contributed by atoms with Gasteiger partial charge in [0.2, 0.25) is 0 Å². The van der Waals surface area contributed by atoms with Crippen molar-refractivity contribution in [1.82, 2.24) is 0 Å². The molecule has 0 saturated carbocycles. The van der Waals surface area contributed by atoms with Crippen LogP contribution in [0.25, 0.3) is 0 Å². The van der Waals surface area contributed by atoms with Crippen molar-refractivity contribution in [3.63, 3.8) is 0 Å². The summed E-state index contributed by atoms with van der Waals surface area (Å²) in [5.41, 5.74) is 1.30. The van der Waals surface area contributed by atoms with Crippen LogP contribution in [0.3, 0.4) is 0 Å². The van der Waals surface area contributed by atoms with Gasteiger partial charge in [0.15, 0.2) is 8.32 Å². The molecule has 0 radical (unpaired) electrons. The fourth-order valence-corrected chi connectivity index (χ4v) is 6.58. The van der Waals surface area contributed by atoms with Gasteiger partial charge < -0.3 is 14.3 Å². The Labute approximate surface area is 184 Å². The van der Waals surface area contributed by atoms with E-state index >= 15 is 0 Å². The minimum Gasteiger partial charge on any atom is -0.462 e. The third kappa shape index (κ3) is 5.28. The molecule has 0 spiro atoms. The average molecular weight is 435 g/mol. The zero-order chi connectivity index (χ0) is 22.3. The van der Waals surface area contributed by atoms with Gasteiger partial charge in [0.25, 0.3) is 0 Å². The largest absolute Gasteiger partial charge is 0.462 e. The standard InChI is InChI=1S/C25H42O4Si/c1-16-12-18-9-8-17(2)21(24(18)22(26)13-16)11-10-19-14-20(15-23(27)28-19)29-30(6,7)25(3,4)5/h8-9,12,16-17,19-22,24,26H,10-11,13-15H2,1-7H3/t16-,17+,19-,20+,21+,22-,24+/m1/s1. The Hall–Kier alpha value is -0.913. The van der Waals surface area contributed by atoms with Crippen LogP contribution in [0.15, 0.2) is 23.8 Å². The molecule has 0 unspecified atom stereocenters. The summed E-state index contributed by atoms with van der Waals surface area (Å²) in [5.74, 6) is 1.33. The molecule has 0 amide bonds. The number of hydrogen-bond acceptors (Lipinski definition) is 4. The summed E-state index contributed by atoms with van der Waals surface area (Å²) in [4.78, 5) is 12.3. The Morgan fingerprint density at radius 1 is 1.20 bits per heavy atom. The fourth-order valence-electron chi connectivity index (χ4n) is 5.21. The van der Waals surface area contributed by atoms with Crippen molar-refractivity contribution in [2.75, 3.05) is 0 Å². The van der Waals surface area contributed by atoms with E-state index in [9.17, 15) is 9.90 Å². The van der Waals surface area contributed by atoms with Gasteiger partial charge in [-0.1, -0.05) is 52.8 Å². The zero-order valence-corrected chi connectivity index (χ0v) is 21.0. The number of fused-ring (bicyclic) bond motifs is 1. The number of ether oxygens (including phenoxy) is 1. The van der Waals surface area contributed by atoms with Crippen LogP contribution in [-0.4, -0.2) is 37.7 Å². The quantitative estimate of drug-likeness (QED) is 0.450. The van der Waals surface area contributed by atoms with Crippen LogP contribution in [0.5, 0.6) is 0 Å². The first kappa shape index (κ1) is 23.7. The Bertz CT molecular complexity index is 690. The maximum atomic E-state index is 12.3. The van der Waals surface area contributed by atoms with Gasteiger partial charge in [-0.2, -0.15) is 0 Å². The average Bonchev–Trinajstić information content (AvgIpc) is 2.59. The molecule has 170 valence electrons. The van der Waals surface area contributed by atoms with E-state index < -0.39 is 8.32 Å². The molecule has 4 nitrogen and oxygen atoms in total. The number of aliphatic hydroxyl groups is 1. The van der Waals surface area contributed by atoms with E-state index in [-0.39, 0.29) is 35.2 Å². The van der Waals surface area contributed by atoms with Crippen LogP contribution in [-0.2, 0) is 14.0 Å². The van der Waals surface area contributed by atoms with Crippen LogP contribution < -0.4 is 0 Å². The molecule has 0 aromatic rings. The van der Waals surface area contributed by atoms with Crippen molar-refractivity contribution >= 4 is 14.3 Å². The number of cyclic esters (lactones) is 1. The molecule has 3 rings (SSSR count). The number of esters is 1. The predicted octanol–water partition coefficient (Wildman–Crippen LogP) is 5.63. The third-order valence-corrected chi connectivity index (χ3v) is 12.5. The lowest BCUT2D eigenvalue weighted by atomic mass is 9.65. The van der Waals surface area contributed by atoms with Gasteiger partial charge in [-0.25, -0.2) is 0 Å². The van der Waals surface area contributed by atoms with Crippen LogP contribution >= 0.6 is 0 Å². The summed E-state index contributed by atoms with van der Waals surface area (Å²) in [5, 5.41) is 10.9. The lowest BCUT2D eigenvalue weighted by Gasteiger charge is -2.43. The van der Waals surface area contributed by atoms with E-state index in [4.69, 9.17) is 9.16 Å². The highest BCUT2D eigenvalue weighted by molar-refractivity contribution is 6.74. The van der Waals surface area contributed by atoms with Crippen molar-refractivity contribution in [2.45, 2.75) is 103 Å². The Morgan fingerprint density at radius 3 is 2.57 bits per heavy atom. The molecule has 1 aliphatic heterocycles. The normalized spacial score (nSPS) is 37.4. The number of rotatable bonds is 5. The molecule has 1 fully saturated rings. The van der Waals surface area contributed by atoms with E-state index in [0.717, 1.165) is 25.7 Å². The Kier molecular flexibility index (Phi) is 7.05. The minimum atomic E-state index is -1.91. The highest BCUT2D eigenvalue weighted by atomic mass is 28.4. The molecule has 1 N–H and O–H groups in total. The summed E-state index contributed by atoms with van der Waals surface area (Å²) >= 11 is 0. The predicted molar refractivity (Wildman–Crippen MR) is 124 cm³/mol. The monoisotopic (exact) mass is 434 g/mol. The molecule has 2 aliphatic carbocycles. The maximum Gasteiger partial charge on any atom is 0.308 e. The highest BCUT2D eigenvalue weighted by Crippen LogP contribution is 2.44. The molecule has 0 bridgehead atoms. The van der Waals surface area contributed by atoms with Gasteiger partial charge in [-0.3, -0.25) is 4.79 Å². The SMILES string of the molecule is C[C@@H]1C=C2C=C[C@H](C)[C@H](CC[C@@H]3C[C@H](O[Si](C)(C)C(C)(C)C)CC(=O)O3)[C@H]2[C@H](O)C1. The summed E-state index contributed by atoms with van der Waals surface area (Å²) in [7, 11) is -1.91. The minimum absolute atomic E-state index is 0.0302. The molecular weight excluding hydrogens is 392 g/mol. The second-order valence-electron chi connectivity index (χ2n) is 11.5. The van der Waals surface area contributed by atoms with Crippen molar-refractivity contribution in [2.24, 2.45) is 23.7 Å². The maximum absolute atomic E-state index is 12.3. The van der Waals surface area contributed by atoms with Crippen molar-refractivity contribution in [3.8, 4) is 0 Å². The fraction of sp³-hybridized carbons (Fsp3) is 0.800. The Morgan fingerprint density at radius 2 is 1.90 bits per heavy atom. The lowest BCUT2D eigenvalue weighted by molar-refractivity contribution is -0.160. The summed E-state index contributed by atoms with van der Waals surface area (Å²) in [6.07, 6.45) is 10.3. The summed E-state index contributed by atoms with van der Waals surface area (Å²) in [6.45, 7) is 15.6. The van der Waals surface area contributed by atoms with Gasteiger partial charge in [0, 0.05) is 12.3 Å². The molecule has 30 heavy (non-hydrogen) atoms. The summed E-state index contributed by atoms with van der Waals surface area (Å²) < 4.78 is 12.3. The van der Waals surface area contributed by atoms with Crippen LogP contribution in [0.1, 0.15) is 66.7 Å². The van der Waals surface area contributed by atoms with E-state index in [0.29, 0.717) is 24.2 Å². The topological polar surface area (TPSA) is 55.8 Å². The number of allylic oxidation sites excluding steroid dienone is 3. The third-order valence-electron chi connectivity index (χ3n) is 7.93. The highest BCUT2D eigenvalue weighted by Gasteiger charge is 2.42. The molecule has 5 heteroatoms. The van der Waals surface area contributed by atoms with Gasteiger partial charge in [-0.05, 0) is 60.7 Å². The molecule has 0 aromatic heterocycles. The van der Waals surface area contributed by atoms with Crippen molar-refractivity contribution in [3.05, 3.63) is 23.8 Å². The molecular formula is C25H42O4Si. The zero-order valence-electron chi connectivity index (χ0n) is 20.0. The molecule has 1 heterocycles.